The normalized spacial score (nSPS) is 18.5. The zero-order valence-electron chi connectivity index (χ0n) is 16.1. The summed E-state index contributed by atoms with van der Waals surface area (Å²) < 4.78 is 52.0. The number of ether oxygens (including phenoxy) is 3. The van der Waals surface area contributed by atoms with E-state index in [0.29, 0.717) is 13.0 Å². The van der Waals surface area contributed by atoms with Gasteiger partial charge in [0.25, 0.3) is 0 Å². The average molecular weight is 409 g/mol. The second-order valence-electron chi connectivity index (χ2n) is 7.22. The first-order chi connectivity index (χ1) is 13.6. The van der Waals surface area contributed by atoms with Gasteiger partial charge in [0.15, 0.2) is 0 Å². The van der Waals surface area contributed by atoms with E-state index in [1.807, 2.05) is 30.3 Å². The molecule has 1 atom stereocenters. The van der Waals surface area contributed by atoms with Gasteiger partial charge in [-0.1, -0.05) is 42.5 Å². The Balaban J connectivity index is 1.65. The largest absolute Gasteiger partial charge is 0.573 e. The lowest BCUT2D eigenvalue weighted by Crippen LogP contribution is -2.48. The lowest BCUT2D eigenvalue weighted by Gasteiger charge is -2.32. The fourth-order valence-electron chi connectivity index (χ4n) is 3.29. The summed E-state index contributed by atoms with van der Waals surface area (Å²) >= 11 is 0. The van der Waals surface area contributed by atoms with E-state index in [0.717, 1.165) is 11.1 Å². The molecule has 2 aromatic carbocycles. The SMILES string of the molecule is CC1(C)OC[C@H](Cc2ccc(OC(F)(F)F)cc2)N1C(=O)OCc1ccccc1. The highest BCUT2D eigenvalue weighted by molar-refractivity contribution is 5.69. The van der Waals surface area contributed by atoms with Gasteiger partial charge < -0.3 is 14.2 Å². The molecule has 5 nitrogen and oxygen atoms in total. The van der Waals surface area contributed by atoms with Gasteiger partial charge in [0, 0.05) is 0 Å². The highest BCUT2D eigenvalue weighted by Gasteiger charge is 2.44. The summed E-state index contributed by atoms with van der Waals surface area (Å²) in [6, 6.07) is 14.6. The molecular formula is C21H22F3NO4. The quantitative estimate of drug-likeness (QED) is 0.705. The second kappa shape index (κ2) is 8.32. The van der Waals surface area contributed by atoms with Gasteiger partial charge in [0.2, 0.25) is 0 Å². The zero-order chi connectivity index (χ0) is 21.1. The molecule has 1 saturated heterocycles. The van der Waals surface area contributed by atoms with Crippen LogP contribution in [-0.2, 0) is 22.5 Å². The third-order valence-electron chi connectivity index (χ3n) is 4.60. The first-order valence-corrected chi connectivity index (χ1v) is 9.13. The van der Waals surface area contributed by atoms with E-state index in [4.69, 9.17) is 9.47 Å². The molecule has 0 N–H and O–H groups in total. The van der Waals surface area contributed by atoms with Crippen molar-refractivity contribution in [1.29, 1.82) is 0 Å². The highest BCUT2D eigenvalue weighted by Crippen LogP contribution is 2.31. The first-order valence-electron chi connectivity index (χ1n) is 9.13. The van der Waals surface area contributed by atoms with Crippen LogP contribution in [0.1, 0.15) is 25.0 Å². The Morgan fingerprint density at radius 3 is 2.38 bits per heavy atom. The van der Waals surface area contributed by atoms with Crippen LogP contribution in [0.4, 0.5) is 18.0 Å². The topological polar surface area (TPSA) is 48.0 Å². The molecule has 1 aliphatic heterocycles. The monoisotopic (exact) mass is 409 g/mol. The van der Waals surface area contributed by atoms with Crippen LogP contribution in [0.25, 0.3) is 0 Å². The minimum Gasteiger partial charge on any atom is -0.444 e. The van der Waals surface area contributed by atoms with E-state index in [1.54, 1.807) is 26.0 Å². The van der Waals surface area contributed by atoms with Crippen molar-refractivity contribution in [2.75, 3.05) is 6.61 Å². The van der Waals surface area contributed by atoms with Crippen LogP contribution in [0.15, 0.2) is 54.6 Å². The highest BCUT2D eigenvalue weighted by atomic mass is 19.4. The molecular weight excluding hydrogens is 387 g/mol. The molecule has 0 aliphatic carbocycles. The summed E-state index contributed by atoms with van der Waals surface area (Å²) in [6.45, 7) is 3.99. The minimum absolute atomic E-state index is 0.141. The van der Waals surface area contributed by atoms with Crippen molar-refractivity contribution in [2.45, 2.75) is 45.0 Å². The standard InChI is InChI=1S/C21H22F3NO4/c1-20(2)25(19(26)27-13-16-6-4-3-5-7-16)17(14-28-20)12-15-8-10-18(11-9-15)29-21(22,23)24/h3-11,17H,12-14H2,1-2H3/t17-/m0/s1. The summed E-state index contributed by atoms with van der Waals surface area (Å²) in [5.74, 6) is -0.289. The Kier molecular flexibility index (Phi) is 6.02. The molecule has 0 aromatic heterocycles. The van der Waals surface area contributed by atoms with Gasteiger partial charge in [-0.3, -0.25) is 4.90 Å². The van der Waals surface area contributed by atoms with Crippen molar-refractivity contribution in [1.82, 2.24) is 4.90 Å². The Labute approximate surface area is 167 Å². The molecule has 3 rings (SSSR count). The summed E-state index contributed by atoms with van der Waals surface area (Å²) in [7, 11) is 0. The van der Waals surface area contributed by atoms with Crippen molar-refractivity contribution in [3.8, 4) is 5.75 Å². The van der Waals surface area contributed by atoms with Gasteiger partial charge >= 0.3 is 12.5 Å². The van der Waals surface area contributed by atoms with Crippen molar-refractivity contribution in [3.63, 3.8) is 0 Å². The third-order valence-corrected chi connectivity index (χ3v) is 4.60. The zero-order valence-corrected chi connectivity index (χ0v) is 16.1. The molecule has 1 heterocycles. The lowest BCUT2D eigenvalue weighted by molar-refractivity contribution is -0.274. The summed E-state index contributed by atoms with van der Waals surface area (Å²) in [5.41, 5.74) is 0.778. The van der Waals surface area contributed by atoms with Crippen LogP contribution in [0.3, 0.4) is 0 Å². The summed E-state index contributed by atoms with van der Waals surface area (Å²) in [5, 5.41) is 0. The Bertz CT molecular complexity index is 822. The summed E-state index contributed by atoms with van der Waals surface area (Å²) in [4.78, 5) is 14.3. The van der Waals surface area contributed by atoms with E-state index < -0.39 is 18.2 Å². The predicted molar refractivity (Wildman–Crippen MR) is 99.1 cm³/mol. The van der Waals surface area contributed by atoms with Crippen LogP contribution in [-0.4, -0.2) is 35.7 Å². The van der Waals surface area contributed by atoms with Crippen LogP contribution in [0, 0.1) is 0 Å². The number of halogens is 3. The van der Waals surface area contributed by atoms with E-state index in [2.05, 4.69) is 4.74 Å². The number of nitrogens with zero attached hydrogens (tertiary/aromatic N) is 1. The third kappa shape index (κ3) is 5.63. The molecule has 0 spiro atoms. The van der Waals surface area contributed by atoms with Crippen molar-refractivity contribution < 1.29 is 32.2 Å². The Hall–Kier alpha value is -2.74. The Morgan fingerprint density at radius 1 is 1.10 bits per heavy atom. The maximum atomic E-state index is 12.7. The molecule has 0 unspecified atom stereocenters. The molecule has 8 heteroatoms. The van der Waals surface area contributed by atoms with Crippen LogP contribution in [0.2, 0.25) is 0 Å². The average Bonchev–Trinajstić information content (AvgIpc) is 2.95. The number of carbonyl (C=O) groups excluding carboxylic acids is 1. The molecule has 0 radical (unpaired) electrons. The van der Waals surface area contributed by atoms with E-state index in [9.17, 15) is 18.0 Å². The first kappa shape index (κ1) is 21.0. The van der Waals surface area contributed by atoms with Gasteiger partial charge in [-0.15, -0.1) is 13.2 Å². The van der Waals surface area contributed by atoms with Crippen molar-refractivity contribution in [2.24, 2.45) is 0 Å². The van der Waals surface area contributed by atoms with Gasteiger partial charge in [-0.05, 0) is 43.5 Å². The maximum absolute atomic E-state index is 12.7. The van der Waals surface area contributed by atoms with Crippen molar-refractivity contribution in [3.05, 3.63) is 65.7 Å². The number of hydrogen-bond donors (Lipinski definition) is 0. The molecule has 2 aromatic rings. The molecule has 156 valence electrons. The number of carbonyl (C=O) groups is 1. The fraction of sp³-hybridized carbons (Fsp3) is 0.381. The second-order valence-corrected chi connectivity index (χ2v) is 7.22. The summed E-state index contributed by atoms with van der Waals surface area (Å²) in [6.07, 6.45) is -4.82. The molecule has 1 amide bonds. The molecule has 0 bridgehead atoms. The smallest absolute Gasteiger partial charge is 0.444 e. The van der Waals surface area contributed by atoms with E-state index in [1.165, 1.54) is 17.0 Å². The predicted octanol–water partition coefficient (Wildman–Crippen LogP) is 4.90. The van der Waals surface area contributed by atoms with Crippen molar-refractivity contribution >= 4 is 6.09 Å². The van der Waals surface area contributed by atoms with Crippen LogP contribution < -0.4 is 4.74 Å². The fourth-order valence-corrected chi connectivity index (χ4v) is 3.29. The number of hydrogen-bond acceptors (Lipinski definition) is 4. The van der Waals surface area contributed by atoms with Gasteiger partial charge in [0.05, 0.1) is 12.6 Å². The minimum atomic E-state index is -4.73. The molecule has 1 aliphatic rings. The number of alkyl halides is 3. The molecule has 29 heavy (non-hydrogen) atoms. The van der Waals surface area contributed by atoms with Crippen LogP contribution >= 0.6 is 0 Å². The molecule has 1 fully saturated rings. The van der Waals surface area contributed by atoms with Crippen LogP contribution in [0.5, 0.6) is 5.75 Å². The van der Waals surface area contributed by atoms with E-state index >= 15 is 0 Å². The van der Waals surface area contributed by atoms with Gasteiger partial charge in [-0.2, -0.15) is 0 Å². The van der Waals surface area contributed by atoms with Gasteiger partial charge in [0.1, 0.15) is 18.1 Å². The molecule has 0 saturated carbocycles. The number of amides is 1. The van der Waals surface area contributed by atoms with Gasteiger partial charge in [-0.25, -0.2) is 4.79 Å². The van der Waals surface area contributed by atoms with E-state index in [-0.39, 0.29) is 18.4 Å². The lowest BCUT2D eigenvalue weighted by atomic mass is 10.0. The number of rotatable bonds is 5. The Morgan fingerprint density at radius 2 is 1.76 bits per heavy atom. The maximum Gasteiger partial charge on any atom is 0.573 e. The number of benzene rings is 2.